The van der Waals surface area contributed by atoms with Crippen molar-refractivity contribution in [2.24, 2.45) is 0 Å². The van der Waals surface area contributed by atoms with Crippen molar-refractivity contribution >= 4 is 81.3 Å². The molecule has 0 spiro atoms. The molecule has 0 radical (unpaired) electrons. The summed E-state index contributed by atoms with van der Waals surface area (Å²) in [6.45, 7) is 0. The maximum atomic E-state index is 11.6. The van der Waals surface area contributed by atoms with Crippen LogP contribution in [0.4, 0.5) is 0 Å². The van der Waals surface area contributed by atoms with Crippen LogP contribution in [0.5, 0.6) is 0 Å². The first-order valence-corrected chi connectivity index (χ1v) is 14.7. The average molecular weight is 572 g/mol. The van der Waals surface area contributed by atoms with Crippen LogP contribution < -0.4 is 0 Å². The fourth-order valence-electron chi connectivity index (χ4n) is 1.36. The Morgan fingerprint density at radius 2 is 0.923 bits per heavy atom. The Kier molecular flexibility index (Phi) is 7.32. The third-order valence-corrected chi connectivity index (χ3v) is 9.61. The molecule has 0 unspecified atom stereocenters. The van der Waals surface area contributed by atoms with Gasteiger partial charge in [-0.15, -0.1) is 0 Å². The maximum absolute atomic E-state index is 11.6. The summed E-state index contributed by atoms with van der Waals surface area (Å²) >= 11 is -8.34. The Morgan fingerprint density at radius 3 is 1.19 bits per heavy atom. The molecule has 14 heteroatoms. The summed E-state index contributed by atoms with van der Waals surface area (Å²) in [5.41, 5.74) is 0. The average Bonchev–Trinajstić information content (AvgIpc) is 2.81. The number of carbonyl (C=O) groups excluding carboxylic acids is 6. The standard InChI is InChI=1S/3C4H4O4.2In/c3*5-3(6)1-2-4(7)8;;/h3*1-2H,(H,5,6)(H,7,8);;/q;;;2*+3/p-6/b2-1+;;;;. The van der Waals surface area contributed by atoms with Crippen molar-refractivity contribution in [1.29, 1.82) is 0 Å². The molecule has 0 aliphatic carbocycles. The number of hydrogen-bond donors (Lipinski definition) is 0. The van der Waals surface area contributed by atoms with Gasteiger partial charge in [-0.1, -0.05) is 0 Å². The molecule has 0 atom stereocenters. The zero-order valence-electron chi connectivity index (χ0n) is 12.5. The first-order chi connectivity index (χ1) is 12.3. The zero-order chi connectivity index (χ0) is 19.1. The SMILES string of the molecule is O=C1C=CC(=O)[O][In]([O]C(=O)/C=C/C(=O)[O][In]2[O]C(=O)C=CC(=O)[O]2)[O]1. The van der Waals surface area contributed by atoms with E-state index >= 15 is 0 Å². The van der Waals surface area contributed by atoms with Crippen molar-refractivity contribution in [2.75, 3.05) is 0 Å². The Bertz CT molecular complexity index is 649. The van der Waals surface area contributed by atoms with Crippen molar-refractivity contribution in [2.45, 2.75) is 0 Å². The van der Waals surface area contributed by atoms with Gasteiger partial charge in [-0.3, -0.25) is 0 Å². The summed E-state index contributed by atoms with van der Waals surface area (Å²) in [5, 5.41) is 0. The normalized spacial score (nSPS) is 16.9. The summed E-state index contributed by atoms with van der Waals surface area (Å²) < 4.78 is 28.0. The molecule has 0 bridgehead atoms. The predicted octanol–water partition coefficient (Wildman–Crippen LogP) is -2.09. The van der Waals surface area contributed by atoms with Crippen LogP contribution >= 0.6 is 0 Å². The molecular weight excluding hydrogens is 566 g/mol. The van der Waals surface area contributed by atoms with Gasteiger partial charge in [-0.05, 0) is 0 Å². The van der Waals surface area contributed by atoms with E-state index in [2.05, 4.69) is 11.4 Å². The summed E-state index contributed by atoms with van der Waals surface area (Å²) in [6.07, 6.45) is 4.50. The fraction of sp³-hybridized carbons (Fsp3) is 0. The van der Waals surface area contributed by atoms with Crippen LogP contribution in [-0.4, -0.2) is 81.3 Å². The molecule has 132 valence electrons. The van der Waals surface area contributed by atoms with Crippen molar-refractivity contribution < 1.29 is 45.9 Å². The van der Waals surface area contributed by atoms with Crippen LogP contribution in [0.1, 0.15) is 0 Å². The molecule has 2 aliphatic rings. The summed E-state index contributed by atoms with van der Waals surface area (Å²) in [6, 6.07) is 0. The van der Waals surface area contributed by atoms with E-state index in [1.807, 2.05) is 0 Å². The van der Waals surface area contributed by atoms with Gasteiger partial charge < -0.3 is 0 Å². The molecule has 0 saturated heterocycles. The molecule has 0 aromatic carbocycles. The molecule has 0 amide bonds. The van der Waals surface area contributed by atoms with E-state index < -0.39 is 81.3 Å². The van der Waals surface area contributed by atoms with Gasteiger partial charge in [0.1, 0.15) is 0 Å². The van der Waals surface area contributed by atoms with Gasteiger partial charge in [0.2, 0.25) is 0 Å². The van der Waals surface area contributed by atoms with E-state index in [0.29, 0.717) is 12.2 Å². The Balaban J connectivity index is 1.84. The molecule has 0 N–H and O–H groups in total. The third kappa shape index (κ3) is 6.95. The number of carbonyl (C=O) groups is 6. The summed E-state index contributed by atoms with van der Waals surface area (Å²) in [7, 11) is 0. The Hall–Kier alpha value is -2.22. The third-order valence-electron chi connectivity index (χ3n) is 2.34. The molecule has 2 rings (SSSR count). The van der Waals surface area contributed by atoms with E-state index in [4.69, 9.17) is 5.71 Å². The number of rotatable bonds is 4. The Morgan fingerprint density at radius 1 is 0.654 bits per heavy atom. The van der Waals surface area contributed by atoms with Crippen LogP contribution in [0, 0.1) is 0 Å². The van der Waals surface area contributed by atoms with Crippen molar-refractivity contribution in [3.63, 3.8) is 0 Å². The molecule has 26 heavy (non-hydrogen) atoms. The van der Waals surface area contributed by atoms with Crippen LogP contribution in [-0.2, 0) is 45.9 Å². The van der Waals surface area contributed by atoms with E-state index in [-0.39, 0.29) is 0 Å². The molecule has 0 saturated carbocycles. The first kappa shape index (κ1) is 20.1. The second kappa shape index (κ2) is 9.47. The quantitative estimate of drug-likeness (QED) is 0.339. The minimum atomic E-state index is -4.17. The van der Waals surface area contributed by atoms with Gasteiger partial charge in [0.25, 0.3) is 0 Å². The summed E-state index contributed by atoms with van der Waals surface area (Å²) in [5.74, 6) is -5.84. The van der Waals surface area contributed by atoms with E-state index in [1.54, 1.807) is 0 Å². The second-order valence-corrected chi connectivity index (χ2v) is 11.5. The Labute approximate surface area is 163 Å². The van der Waals surface area contributed by atoms with Gasteiger partial charge in [0.15, 0.2) is 0 Å². The van der Waals surface area contributed by atoms with E-state index in [0.717, 1.165) is 24.3 Å². The van der Waals surface area contributed by atoms with Crippen LogP contribution in [0.3, 0.4) is 0 Å². The number of hydrogen-bond acceptors (Lipinski definition) is 12. The molecular formula is C12H6In2O12. The van der Waals surface area contributed by atoms with Crippen LogP contribution in [0.15, 0.2) is 36.5 Å². The van der Waals surface area contributed by atoms with Crippen molar-refractivity contribution in [3.05, 3.63) is 36.5 Å². The van der Waals surface area contributed by atoms with Crippen molar-refractivity contribution in [3.8, 4) is 0 Å². The van der Waals surface area contributed by atoms with Gasteiger partial charge in [-0.2, -0.15) is 0 Å². The molecule has 0 aromatic rings. The first-order valence-electron chi connectivity index (χ1n) is 6.60. The fourth-order valence-corrected chi connectivity index (χ4v) is 6.77. The summed E-state index contributed by atoms with van der Waals surface area (Å²) in [4.78, 5) is 67.7. The monoisotopic (exact) mass is 572 g/mol. The second-order valence-electron chi connectivity index (χ2n) is 4.20. The van der Waals surface area contributed by atoms with Gasteiger partial charge in [0.05, 0.1) is 0 Å². The molecule has 0 aromatic heterocycles. The van der Waals surface area contributed by atoms with E-state index in [9.17, 15) is 28.8 Å². The predicted molar refractivity (Wildman–Crippen MR) is 75.5 cm³/mol. The van der Waals surface area contributed by atoms with Gasteiger partial charge >= 0.3 is 164 Å². The molecule has 12 nitrogen and oxygen atoms in total. The van der Waals surface area contributed by atoms with Gasteiger partial charge in [-0.25, -0.2) is 0 Å². The van der Waals surface area contributed by atoms with Crippen LogP contribution in [0.2, 0.25) is 0 Å². The van der Waals surface area contributed by atoms with Gasteiger partial charge in [0, 0.05) is 0 Å². The zero-order valence-corrected chi connectivity index (χ0v) is 19.1. The van der Waals surface area contributed by atoms with Crippen LogP contribution in [0.25, 0.3) is 0 Å². The minimum absolute atomic E-state index is 0.615. The molecule has 2 heterocycles. The van der Waals surface area contributed by atoms with Crippen molar-refractivity contribution in [1.82, 2.24) is 0 Å². The molecule has 2 aliphatic heterocycles. The topological polar surface area (TPSA) is 158 Å². The molecule has 0 fully saturated rings. The van der Waals surface area contributed by atoms with E-state index in [1.165, 1.54) is 0 Å².